The summed E-state index contributed by atoms with van der Waals surface area (Å²) in [6.07, 6.45) is 7.05. The highest BCUT2D eigenvalue weighted by molar-refractivity contribution is 6.00. The van der Waals surface area contributed by atoms with Crippen LogP contribution in [0, 0.1) is 29.6 Å². The van der Waals surface area contributed by atoms with Gasteiger partial charge in [0.2, 0.25) is 0 Å². The van der Waals surface area contributed by atoms with Crippen LogP contribution < -0.4 is 0 Å². The van der Waals surface area contributed by atoms with E-state index in [2.05, 4.69) is 43.3 Å². The topological polar surface area (TPSA) is 43.4 Å². The fraction of sp³-hybridized carbons (Fsp3) is 0.429. The third kappa shape index (κ3) is 1.73. The normalized spacial score (nSPS) is 36.6. The molecular formula is C21H20O3. The second-order valence-corrected chi connectivity index (χ2v) is 7.61. The van der Waals surface area contributed by atoms with Gasteiger partial charge in [-0.1, -0.05) is 48.9 Å². The molecule has 1 heterocycles. The molecule has 5 unspecified atom stereocenters. The number of carbonyl (C=O) groups excluding carboxylic acids is 2. The van der Waals surface area contributed by atoms with Gasteiger partial charge in [0.1, 0.15) is 0 Å². The summed E-state index contributed by atoms with van der Waals surface area (Å²) in [4.78, 5) is 24.9. The van der Waals surface area contributed by atoms with Gasteiger partial charge in [-0.3, -0.25) is 9.59 Å². The highest BCUT2D eigenvalue weighted by atomic mass is 16.6. The van der Waals surface area contributed by atoms with Gasteiger partial charge in [-0.05, 0) is 47.8 Å². The van der Waals surface area contributed by atoms with Crippen molar-refractivity contribution in [2.75, 3.05) is 0 Å². The van der Waals surface area contributed by atoms with Crippen LogP contribution in [0.5, 0.6) is 0 Å². The second-order valence-electron chi connectivity index (χ2n) is 7.61. The van der Waals surface area contributed by atoms with Crippen molar-refractivity contribution in [3.63, 3.8) is 0 Å². The summed E-state index contributed by atoms with van der Waals surface area (Å²) in [5.41, 5.74) is 5.37. The van der Waals surface area contributed by atoms with Crippen LogP contribution in [0.15, 0.2) is 42.0 Å². The lowest BCUT2D eigenvalue weighted by Crippen LogP contribution is -2.43. The lowest BCUT2D eigenvalue weighted by atomic mass is 9.55. The Morgan fingerprint density at radius 1 is 1.00 bits per heavy atom. The average Bonchev–Trinajstić information content (AvgIpc) is 2.89. The Morgan fingerprint density at radius 2 is 1.79 bits per heavy atom. The smallest absolute Gasteiger partial charge is 0.318 e. The number of carbonyl (C=O) groups is 2. The largest absolute Gasteiger partial charge is 0.393 e. The van der Waals surface area contributed by atoms with Gasteiger partial charge in [0, 0.05) is 5.92 Å². The molecular weight excluding hydrogens is 300 g/mol. The van der Waals surface area contributed by atoms with Crippen LogP contribution in [0.25, 0.3) is 5.57 Å². The van der Waals surface area contributed by atoms with Crippen LogP contribution in [-0.2, 0) is 20.7 Å². The lowest BCUT2D eigenvalue weighted by molar-refractivity contribution is -0.154. The highest BCUT2D eigenvalue weighted by Gasteiger charge is 2.58. The van der Waals surface area contributed by atoms with Crippen molar-refractivity contribution < 1.29 is 14.3 Å². The Kier molecular flexibility index (Phi) is 2.91. The van der Waals surface area contributed by atoms with E-state index in [-0.39, 0.29) is 35.6 Å². The number of rotatable bonds is 0. The van der Waals surface area contributed by atoms with Crippen molar-refractivity contribution in [1.82, 2.24) is 0 Å². The summed E-state index contributed by atoms with van der Waals surface area (Å²) >= 11 is 0. The number of ether oxygens (including phenoxy) is 1. The molecule has 4 aliphatic rings. The van der Waals surface area contributed by atoms with Gasteiger partial charge >= 0.3 is 11.9 Å². The van der Waals surface area contributed by atoms with E-state index in [0.717, 1.165) is 19.3 Å². The van der Waals surface area contributed by atoms with E-state index < -0.39 is 0 Å². The molecule has 5 atom stereocenters. The summed E-state index contributed by atoms with van der Waals surface area (Å²) in [6, 6.07) is 8.56. The van der Waals surface area contributed by atoms with E-state index >= 15 is 0 Å². The van der Waals surface area contributed by atoms with Gasteiger partial charge in [0.05, 0.1) is 11.8 Å². The van der Waals surface area contributed by atoms with Crippen molar-refractivity contribution in [3.8, 4) is 0 Å². The lowest BCUT2D eigenvalue weighted by Gasteiger charge is -2.46. The molecule has 0 radical (unpaired) electrons. The fourth-order valence-corrected chi connectivity index (χ4v) is 5.55. The molecule has 122 valence electrons. The molecule has 1 saturated heterocycles. The van der Waals surface area contributed by atoms with E-state index in [1.807, 2.05) is 0 Å². The maximum atomic E-state index is 12.5. The van der Waals surface area contributed by atoms with Gasteiger partial charge in [-0.25, -0.2) is 0 Å². The number of fused-ring (bicyclic) bond motifs is 7. The highest BCUT2D eigenvalue weighted by Crippen LogP contribution is 2.57. The third-order valence-electron chi connectivity index (χ3n) is 6.44. The van der Waals surface area contributed by atoms with Crippen molar-refractivity contribution >= 4 is 17.5 Å². The number of allylic oxidation sites excluding steroid dienone is 4. The zero-order chi connectivity index (χ0) is 16.4. The fourth-order valence-electron chi connectivity index (χ4n) is 5.55. The molecule has 1 aromatic rings. The number of hydrogen-bond donors (Lipinski definition) is 0. The minimum absolute atomic E-state index is 0.113. The number of hydrogen-bond acceptors (Lipinski definition) is 3. The van der Waals surface area contributed by atoms with Crippen LogP contribution in [0.2, 0.25) is 0 Å². The second kappa shape index (κ2) is 4.92. The standard InChI is InChI=1S/C21H20O3/c1-11-10-12-6-2-3-7-13(12)17-14-8-4-5-9-15(14)18-19(16(11)17)21(23)24-20(18)22/h2-7,11,15-16,18-19H,8-10H2,1H3. The zero-order valence-corrected chi connectivity index (χ0v) is 13.7. The average molecular weight is 320 g/mol. The monoisotopic (exact) mass is 320 g/mol. The SMILES string of the molecule is CC1Cc2ccccc2C2=C3CC=CCC3C3C(=O)OC(=O)C3C21. The molecule has 0 spiro atoms. The summed E-state index contributed by atoms with van der Waals surface area (Å²) in [7, 11) is 0. The quantitative estimate of drug-likeness (QED) is 0.417. The van der Waals surface area contributed by atoms with Gasteiger partial charge in [0.25, 0.3) is 0 Å². The summed E-state index contributed by atoms with van der Waals surface area (Å²) < 4.78 is 5.11. The maximum absolute atomic E-state index is 12.5. The molecule has 0 N–H and O–H groups in total. The Balaban J connectivity index is 1.79. The molecule has 1 aliphatic heterocycles. The van der Waals surface area contributed by atoms with Crippen molar-refractivity contribution in [2.45, 2.75) is 26.2 Å². The van der Waals surface area contributed by atoms with E-state index in [1.165, 1.54) is 22.3 Å². The van der Waals surface area contributed by atoms with Crippen LogP contribution in [0.1, 0.15) is 30.9 Å². The summed E-state index contributed by atoms with van der Waals surface area (Å²) in [5, 5.41) is 0. The molecule has 0 amide bonds. The molecule has 3 aliphatic carbocycles. The van der Waals surface area contributed by atoms with E-state index in [0.29, 0.717) is 5.92 Å². The predicted molar refractivity (Wildman–Crippen MR) is 89.7 cm³/mol. The number of esters is 2. The van der Waals surface area contributed by atoms with E-state index in [9.17, 15) is 9.59 Å². The van der Waals surface area contributed by atoms with Gasteiger partial charge in [-0.2, -0.15) is 0 Å². The van der Waals surface area contributed by atoms with Crippen LogP contribution in [0.3, 0.4) is 0 Å². The van der Waals surface area contributed by atoms with E-state index in [4.69, 9.17) is 4.74 Å². The minimum atomic E-state index is -0.299. The molecule has 3 heteroatoms. The number of benzene rings is 1. The summed E-state index contributed by atoms with van der Waals surface area (Å²) in [6.45, 7) is 2.22. The van der Waals surface area contributed by atoms with Gasteiger partial charge in [0.15, 0.2) is 0 Å². The molecule has 1 fully saturated rings. The molecule has 5 rings (SSSR count). The first-order valence-corrected chi connectivity index (χ1v) is 8.88. The molecule has 3 nitrogen and oxygen atoms in total. The van der Waals surface area contributed by atoms with Crippen molar-refractivity contribution in [2.24, 2.45) is 29.6 Å². The number of cyclic esters (lactones) is 2. The molecule has 1 aromatic carbocycles. The first-order chi connectivity index (χ1) is 11.7. The molecule has 0 bridgehead atoms. The van der Waals surface area contributed by atoms with Crippen molar-refractivity contribution in [3.05, 3.63) is 53.1 Å². The Bertz CT molecular complexity index is 816. The first kappa shape index (κ1) is 14.2. The summed E-state index contributed by atoms with van der Waals surface area (Å²) in [5.74, 6) is -0.583. The predicted octanol–water partition coefficient (Wildman–Crippen LogP) is 3.54. The zero-order valence-electron chi connectivity index (χ0n) is 13.7. The van der Waals surface area contributed by atoms with Crippen molar-refractivity contribution in [1.29, 1.82) is 0 Å². The third-order valence-corrected chi connectivity index (χ3v) is 6.44. The molecule has 24 heavy (non-hydrogen) atoms. The van der Waals surface area contributed by atoms with Crippen LogP contribution >= 0.6 is 0 Å². The van der Waals surface area contributed by atoms with Gasteiger partial charge < -0.3 is 4.74 Å². The maximum Gasteiger partial charge on any atom is 0.318 e. The Hall–Kier alpha value is -2.16. The molecule has 0 aromatic heterocycles. The van der Waals surface area contributed by atoms with Crippen LogP contribution in [0.4, 0.5) is 0 Å². The first-order valence-electron chi connectivity index (χ1n) is 8.88. The van der Waals surface area contributed by atoms with E-state index in [1.54, 1.807) is 0 Å². The Morgan fingerprint density at radius 3 is 2.67 bits per heavy atom. The van der Waals surface area contributed by atoms with Gasteiger partial charge in [-0.15, -0.1) is 0 Å². The van der Waals surface area contributed by atoms with Crippen LogP contribution in [-0.4, -0.2) is 11.9 Å². The molecule has 0 saturated carbocycles. The Labute approximate surface area is 141 Å². The minimum Gasteiger partial charge on any atom is -0.393 e.